The Kier molecular flexibility index (Phi) is 9.08. The zero-order valence-electron chi connectivity index (χ0n) is 20.3. The second-order valence-corrected chi connectivity index (χ2v) is 11.7. The van der Waals surface area contributed by atoms with E-state index >= 15 is 0 Å². The molecule has 2 aromatic carbocycles. The summed E-state index contributed by atoms with van der Waals surface area (Å²) >= 11 is 12.1. The van der Waals surface area contributed by atoms with Crippen LogP contribution in [-0.4, -0.2) is 29.2 Å². The first-order valence-corrected chi connectivity index (χ1v) is 14.5. The van der Waals surface area contributed by atoms with Gasteiger partial charge in [0, 0.05) is 41.3 Å². The fourth-order valence-electron chi connectivity index (χ4n) is 3.70. The summed E-state index contributed by atoms with van der Waals surface area (Å²) in [5.41, 5.74) is 2.71. The maximum atomic E-state index is 11.5. The minimum absolute atomic E-state index is 0.0356. The van der Waals surface area contributed by atoms with Crippen LogP contribution < -0.4 is 4.74 Å². The second kappa shape index (κ2) is 12.4. The second-order valence-electron chi connectivity index (χ2n) is 8.67. The van der Waals surface area contributed by atoms with Crippen molar-refractivity contribution in [1.82, 2.24) is 14.5 Å². The molecule has 0 radical (unpaired) electrons. The van der Waals surface area contributed by atoms with E-state index in [9.17, 15) is 8.42 Å². The molecular formula is C27H27Cl2N3O4S. The minimum atomic E-state index is -3.10. The van der Waals surface area contributed by atoms with Crippen LogP contribution in [0.1, 0.15) is 41.4 Å². The lowest BCUT2D eigenvalue weighted by molar-refractivity contribution is 0.301. The first-order valence-electron chi connectivity index (χ1n) is 11.7. The Morgan fingerprint density at radius 3 is 2.65 bits per heavy atom. The lowest BCUT2D eigenvalue weighted by atomic mass is 10.1. The van der Waals surface area contributed by atoms with Crippen molar-refractivity contribution in [3.8, 4) is 5.75 Å². The molecule has 0 saturated carbocycles. The SMILES string of the molecule is CS(=O)(=O)Cc1nccn1CCCCc1ccc(OCc2coc(C=Cc3ccc(Cl)cc3Cl)n2)cc1. The molecule has 0 amide bonds. The van der Waals surface area contributed by atoms with Crippen LogP contribution in [0, 0.1) is 0 Å². The molecular weight excluding hydrogens is 533 g/mol. The van der Waals surface area contributed by atoms with Crippen LogP contribution in [0.5, 0.6) is 5.75 Å². The normalized spacial score (nSPS) is 11.9. The van der Waals surface area contributed by atoms with Gasteiger partial charge >= 0.3 is 0 Å². The van der Waals surface area contributed by atoms with E-state index in [2.05, 4.69) is 22.1 Å². The molecule has 194 valence electrons. The molecule has 0 bridgehead atoms. The number of imidazole rings is 1. The quantitative estimate of drug-likeness (QED) is 0.184. The standard InChI is InChI=1S/C27H27Cl2N3O4S/c1-37(33,34)19-26-30-13-15-32(26)14-3-2-4-20-5-10-24(11-6-20)35-17-23-18-36-27(31-23)12-8-21-7-9-22(28)16-25(21)29/h5-13,15-16,18H,2-4,14,17,19H2,1H3. The number of benzene rings is 2. The Bertz CT molecular complexity index is 1460. The Morgan fingerprint density at radius 1 is 1.08 bits per heavy atom. The molecule has 7 nitrogen and oxygen atoms in total. The Labute approximate surface area is 226 Å². The predicted molar refractivity (Wildman–Crippen MR) is 146 cm³/mol. The summed E-state index contributed by atoms with van der Waals surface area (Å²) in [7, 11) is -3.10. The number of unbranched alkanes of at least 4 members (excludes halogenated alkanes) is 1. The Balaban J connectivity index is 1.20. The number of hydrogen-bond acceptors (Lipinski definition) is 6. The van der Waals surface area contributed by atoms with Gasteiger partial charge in [0.2, 0.25) is 5.89 Å². The molecule has 0 fully saturated rings. The summed E-state index contributed by atoms with van der Waals surface area (Å²) in [4.78, 5) is 8.58. The van der Waals surface area contributed by atoms with Crippen molar-refractivity contribution in [3.63, 3.8) is 0 Å². The molecule has 0 spiro atoms. The molecule has 0 aliphatic carbocycles. The van der Waals surface area contributed by atoms with Gasteiger partial charge in [-0.2, -0.15) is 0 Å². The summed E-state index contributed by atoms with van der Waals surface area (Å²) in [5.74, 6) is 1.76. The van der Waals surface area contributed by atoms with E-state index in [-0.39, 0.29) is 5.75 Å². The monoisotopic (exact) mass is 559 g/mol. The van der Waals surface area contributed by atoms with Gasteiger partial charge in [-0.1, -0.05) is 41.4 Å². The molecule has 0 saturated heterocycles. The van der Waals surface area contributed by atoms with Crippen molar-refractivity contribution in [2.45, 2.75) is 38.2 Å². The number of hydrogen-bond donors (Lipinski definition) is 0. The van der Waals surface area contributed by atoms with Crippen molar-refractivity contribution < 1.29 is 17.6 Å². The molecule has 4 aromatic rings. The number of rotatable bonds is 12. The van der Waals surface area contributed by atoms with Crippen molar-refractivity contribution in [2.75, 3.05) is 6.26 Å². The van der Waals surface area contributed by atoms with E-state index in [1.807, 2.05) is 35.0 Å². The topological polar surface area (TPSA) is 87.2 Å². The van der Waals surface area contributed by atoms with Gasteiger partial charge < -0.3 is 13.7 Å². The maximum absolute atomic E-state index is 11.5. The maximum Gasteiger partial charge on any atom is 0.218 e. The highest BCUT2D eigenvalue weighted by atomic mass is 35.5. The zero-order valence-corrected chi connectivity index (χ0v) is 22.6. The molecule has 0 aliphatic heterocycles. The van der Waals surface area contributed by atoms with Crippen LogP contribution >= 0.6 is 23.2 Å². The summed E-state index contributed by atoms with van der Waals surface area (Å²) in [6.07, 6.45) is 12.7. The van der Waals surface area contributed by atoms with Gasteiger partial charge in [0.15, 0.2) is 9.84 Å². The summed E-state index contributed by atoms with van der Waals surface area (Å²) in [6, 6.07) is 13.3. The van der Waals surface area contributed by atoms with Gasteiger partial charge in [0.25, 0.3) is 0 Å². The molecule has 0 atom stereocenters. The van der Waals surface area contributed by atoms with E-state index in [0.29, 0.717) is 34.1 Å². The highest BCUT2D eigenvalue weighted by Gasteiger charge is 2.10. The molecule has 0 unspecified atom stereocenters. The summed E-state index contributed by atoms with van der Waals surface area (Å²) in [6.45, 7) is 1.03. The van der Waals surface area contributed by atoms with E-state index < -0.39 is 9.84 Å². The van der Waals surface area contributed by atoms with Crippen molar-refractivity contribution in [3.05, 3.63) is 99.7 Å². The van der Waals surface area contributed by atoms with Crippen molar-refractivity contribution >= 4 is 45.2 Å². The number of ether oxygens (including phenoxy) is 1. The van der Waals surface area contributed by atoms with E-state index in [1.54, 1.807) is 30.7 Å². The number of aromatic nitrogens is 3. The van der Waals surface area contributed by atoms with Gasteiger partial charge in [0.05, 0.1) is 0 Å². The molecule has 2 aromatic heterocycles. The van der Waals surface area contributed by atoms with Crippen LogP contribution in [0.25, 0.3) is 12.2 Å². The average molecular weight is 561 g/mol. The van der Waals surface area contributed by atoms with Gasteiger partial charge in [0.1, 0.15) is 35.9 Å². The van der Waals surface area contributed by atoms with Gasteiger partial charge in [-0.25, -0.2) is 18.4 Å². The predicted octanol–water partition coefficient (Wildman–Crippen LogP) is 6.49. The number of aryl methyl sites for hydroxylation is 2. The number of oxazole rings is 1. The highest BCUT2D eigenvalue weighted by molar-refractivity contribution is 7.89. The first-order chi connectivity index (χ1) is 17.7. The Hall–Kier alpha value is -3.07. The van der Waals surface area contributed by atoms with Crippen LogP contribution in [0.3, 0.4) is 0 Å². The first kappa shape index (κ1) is 27.0. The average Bonchev–Trinajstić information content (AvgIpc) is 3.49. The zero-order chi connectivity index (χ0) is 26.3. The van der Waals surface area contributed by atoms with Crippen LogP contribution in [0.15, 0.2) is 65.5 Å². The lowest BCUT2D eigenvalue weighted by Crippen LogP contribution is -2.09. The molecule has 0 aliphatic rings. The van der Waals surface area contributed by atoms with Crippen molar-refractivity contribution in [2.24, 2.45) is 0 Å². The lowest BCUT2D eigenvalue weighted by Gasteiger charge is -2.08. The number of sulfone groups is 1. The third-order valence-corrected chi connectivity index (χ3v) is 6.90. The van der Waals surface area contributed by atoms with Crippen LogP contribution in [-0.2, 0) is 35.2 Å². The smallest absolute Gasteiger partial charge is 0.218 e. The molecule has 10 heteroatoms. The summed E-state index contributed by atoms with van der Waals surface area (Å²) in [5, 5.41) is 1.14. The minimum Gasteiger partial charge on any atom is -0.487 e. The van der Waals surface area contributed by atoms with E-state index in [4.69, 9.17) is 32.4 Å². The third-order valence-electron chi connectivity index (χ3n) is 5.56. The molecule has 37 heavy (non-hydrogen) atoms. The fourth-order valence-corrected chi connectivity index (χ4v) is 4.88. The van der Waals surface area contributed by atoms with E-state index in [0.717, 1.165) is 37.1 Å². The summed E-state index contributed by atoms with van der Waals surface area (Å²) < 4.78 is 36.3. The van der Waals surface area contributed by atoms with Crippen LogP contribution in [0.2, 0.25) is 10.0 Å². The molecule has 2 heterocycles. The largest absolute Gasteiger partial charge is 0.487 e. The molecule has 0 N–H and O–H groups in total. The van der Waals surface area contributed by atoms with Crippen molar-refractivity contribution in [1.29, 1.82) is 0 Å². The van der Waals surface area contributed by atoms with Gasteiger partial charge in [-0.3, -0.25) is 0 Å². The van der Waals surface area contributed by atoms with E-state index in [1.165, 1.54) is 11.8 Å². The Morgan fingerprint density at radius 2 is 1.89 bits per heavy atom. The van der Waals surface area contributed by atoms with Gasteiger partial charge in [-0.15, -0.1) is 0 Å². The molecule has 4 rings (SSSR count). The number of halogens is 2. The highest BCUT2D eigenvalue weighted by Crippen LogP contribution is 2.23. The number of nitrogens with zero attached hydrogens (tertiary/aromatic N) is 3. The van der Waals surface area contributed by atoms with Crippen LogP contribution in [0.4, 0.5) is 0 Å². The third kappa shape index (κ3) is 8.49. The fraction of sp³-hybridized carbons (Fsp3) is 0.259. The van der Waals surface area contributed by atoms with Gasteiger partial charge in [-0.05, 0) is 60.7 Å².